The Hall–Kier alpha value is -2.88. The lowest BCUT2D eigenvalue weighted by Crippen LogP contribution is -2.25. The first-order chi connectivity index (χ1) is 11.4. The minimum Gasteiger partial charge on any atom is -0.463 e. The highest BCUT2D eigenvalue weighted by molar-refractivity contribution is 5.92. The molecule has 2 rings (SSSR count). The van der Waals surface area contributed by atoms with E-state index in [0.717, 1.165) is 0 Å². The molecule has 0 aromatic heterocycles. The van der Waals surface area contributed by atoms with E-state index in [2.05, 4.69) is 0 Å². The molecule has 1 aromatic rings. The van der Waals surface area contributed by atoms with Crippen molar-refractivity contribution in [2.24, 2.45) is 5.73 Å². The first-order valence-electron chi connectivity index (χ1n) is 7.24. The summed E-state index contributed by atoms with van der Waals surface area (Å²) in [6.07, 6.45) is -2.61. The topological polar surface area (TPSA) is 85.3 Å². The van der Waals surface area contributed by atoms with Crippen LogP contribution in [0.4, 0.5) is 8.78 Å². The average molecular weight is 334 g/mol. The van der Waals surface area contributed by atoms with Gasteiger partial charge in [0, 0.05) is 5.56 Å². The van der Waals surface area contributed by atoms with Gasteiger partial charge in [0.1, 0.15) is 17.4 Å². The number of benzene rings is 1. The number of hydrogen-bond acceptors (Lipinski definition) is 5. The number of ether oxygens (including phenoxy) is 2. The second-order valence-corrected chi connectivity index (χ2v) is 5.08. The van der Waals surface area contributed by atoms with Crippen molar-refractivity contribution in [3.8, 4) is 6.07 Å². The fourth-order valence-corrected chi connectivity index (χ4v) is 2.52. The SMILES string of the molecule is CCOC(=O)C1=C(C)OC(N)=C(C#N)C1c1ccc(C(F)F)cc1. The van der Waals surface area contributed by atoms with E-state index >= 15 is 0 Å². The Morgan fingerprint density at radius 3 is 2.54 bits per heavy atom. The molecule has 1 heterocycles. The number of allylic oxidation sites excluding steroid dienone is 2. The summed E-state index contributed by atoms with van der Waals surface area (Å²) < 4.78 is 35.8. The largest absolute Gasteiger partial charge is 0.463 e. The molecule has 0 spiro atoms. The van der Waals surface area contributed by atoms with Crippen molar-refractivity contribution >= 4 is 5.97 Å². The summed E-state index contributed by atoms with van der Waals surface area (Å²) in [5.41, 5.74) is 6.24. The van der Waals surface area contributed by atoms with Gasteiger partial charge in [-0.3, -0.25) is 0 Å². The Morgan fingerprint density at radius 2 is 2.04 bits per heavy atom. The monoisotopic (exact) mass is 334 g/mol. The summed E-state index contributed by atoms with van der Waals surface area (Å²) in [6.45, 7) is 3.33. The van der Waals surface area contributed by atoms with E-state index in [4.69, 9.17) is 15.2 Å². The highest BCUT2D eigenvalue weighted by atomic mass is 19.3. The van der Waals surface area contributed by atoms with Crippen molar-refractivity contribution in [2.75, 3.05) is 6.61 Å². The molecular weight excluding hydrogens is 318 g/mol. The summed E-state index contributed by atoms with van der Waals surface area (Å²) in [6, 6.07) is 7.30. The van der Waals surface area contributed by atoms with Gasteiger partial charge in [-0.2, -0.15) is 5.26 Å². The molecular formula is C17H16F2N2O3. The Bertz CT molecular complexity index is 746. The number of nitrogens with two attached hydrogens (primary N) is 1. The highest BCUT2D eigenvalue weighted by Gasteiger charge is 2.36. The number of carbonyl (C=O) groups excluding carboxylic acids is 1. The molecule has 1 aromatic carbocycles. The number of nitriles is 1. The average Bonchev–Trinajstić information content (AvgIpc) is 2.54. The first-order valence-corrected chi connectivity index (χ1v) is 7.24. The molecule has 0 bridgehead atoms. The van der Waals surface area contributed by atoms with Gasteiger partial charge in [-0.25, -0.2) is 13.6 Å². The highest BCUT2D eigenvalue weighted by Crippen LogP contribution is 2.39. The Morgan fingerprint density at radius 1 is 1.42 bits per heavy atom. The molecule has 7 heteroatoms. The van der Waals surface area contributed by atoms with Crippen LogP contribution < -0.4 is 5.73 Å². The van der Waals surface area contributed by atoms with Crippen LogP contribution in [0.3, 0.4) is 0 Å². The molecule has 1 aliphatic heterocycles. The number of halogens is 2. The number of hydrogen-bond donors (Lipinski definition) is 1. The van der Waals surface area contributed by atoms with Crippen molar-refractivity contribution in [3.05, 3.63) is 58.2 Å². The van der Waals surface area contributed by atoms with Crippen LogP contribution in [0.5, 0.6) is 0 Å². The summed E-state index contributed by atoms with van der Waals surface area (Å²) in [4.78, 5) is 12.3. The molecule has 5 nitrogen and oxygen atoms in total. The van der Waals surface area contributed by atoms with Gasteiger partial charge in [0.05, 0.1) is 18.1 Å². The normalized spacial score (nSPS) is 17.6. The number of esters is 1. The second-order valence-electron chi connectivity index (χ2n) is 5.08. The molecule has 1 atom stereocenters. The van der Waals surface area contributed by atoms with Crippen LogP contribution in [0.1, 0.15) is 37.3 Å². The number of rotatable bonds is 4. The lowest BCUT2D eigenvalue weighted by Gasteiger charge is -2.26. The number of carbonyl (C=O) groups is 1. The van der Waals surface area contributed by atoms with Crippen molar-refractivity contribution in [3.63, 3.8) is 0 Å². The number of alkyl halides is 2. The molecule has 126 valence electrons. The van der Waals surface area contributed by atoms with Crippen LogP contribution in [0.25, 0.3) is 0 Å². The van der Waals surface area contributed by atoms with Gasteiger partial charge in [0.2, 0.25) is 5.88 Å². The van der Waals surface area contributed by atoms with Gasteiger partial charge < -0.3 is 15.2 Å². The summed E-state index contributed by atoms with van der Waals surface area (Å²) in [5, 5.41) is 9.39. The Labute approximate surface area is 138 Å². The minimum absolute atomic E-state index is 0.0356. The van der Waals surface area contributed by atoms with E-state index in [0.29, 0.717) is 5.56 Å². The fourth-order valence-electron chi connectivity index (χ4n) is 2.52. The molecule has 24 heavy (non-hydrogen) atoms. The zero-order valence-electron chi connectivity index (χ0n) is 13.2. The Kier molecular flexibility index (Phi) is 5.19. The number of nitrogens with zero attached hydrogens (tertiary/aromatic N) is 1. The maximum atomic E-state index is 12.7. The first kappa shape index (κ1) is 17.5. The zero-order chi connectivity index (χ0) is 17.9. The van der Waals surface area contributed by atoms with Crippen molar-refractivity contribution in [2.45, 2.75) is 26.2 Å². The minimum atomic E-state index is -2.61. The molecule has 0 saturated carbocycles. The lowest BCUT2D eigenvalue weighted by atomic mass is 9.83. The van der Waals surface area contributed by atoms with Crippen molar-refractivity contribution < 1.29 is 23.0 Å². The van der Waals surface area contributed by atoms with E-state index in [-0.39, 0.29) is 35.0 Å². The van der Waals surface area contributed by atoms with Crippen LogP contribution in [0.2, 0.25) is 0 Å². The molecule has 0 fully saturated rings. The van der Waals surface area contributed by atoms with Gasteiger partial charge in [-0.1, -0.05) is 24.3 Å². The van der Waals surface area contributed by atoms with Gasteiger partial charge in [0.25, 0.3) is 6.43 Å². The van der Waals surface area contributed by atoms with E-state index in [9.17, 15) is 18.8 Å². The molecule has 1 unspecified atom stereocenters. The molecule has 0 amide bonds. The van der Waals surface area contributed by atoms with E-state index in [1.54, 1.807) is 6.92 Å². The molecule has 1 aliphatic rings. The van der Waals surface area contributed by atoms with Gasteiger partial charge in [-0.05, 0) is 19.4 Å². The van der Waals surface area contributed by atoms with Crippen molar-refractivity contribution in [1.29, 1.82) is 5.26 Å². The molecule has 2 N–H and O–H groups in total. The van der Waals surface area contributed by atoms with Crippen LogP contribution in [0.15, 0.2) is 47.1 Å². The van der Waals surface area contributed by atoms with Crippen LogP contribution >= 0.6 is 0 Å². The fraction of sp³-hybridized carbons (Fsp3) is 0.294. The lowest BCUT2D eigenvalue weighted by molar-refractivity contribution is -0.139. The zero-order valence-corrected chi connectivity index (χ0v) is 13.2. The maximum Gasteiger partial charge on any atom is 0.338 e. The maximum absolute atomic E-state index is 12.7. The van der Waals surface area contributed by atoms with E-state index in [1.165, 1.54) is 31.2 Å². The smallest absolute Gasteiger partial charge is 0.338 e. The predicted molar refractivity (Wildman–Crippen MR) is 81.4 cm³/mol. The molecule has 0 radical (unpaired) electrons. The summed E-state index contributed by atoms with van der Waals surface area (Å²) in [5.74, 6) is -1.37. The van der Waals surface area contributed by atoms with Crippen molar-refractivity contribution in [1.82, 2.24) is 0 Å². The quantitative estimate of drug-likeness (QED) is 0.854. The molecule has 0 saturated heterocycles. The van der Waals surface area contributed by atoms with Crippen LogP contribution in [-0.4, -0.2) is 12.6 Å². The second kappa shape index (κ2) is 7.13. The van der Waals surface area contributed by atoms with E-state index < -0.39 is 18.3 Å². The third kappa shape index (κ3) is 3.23. The summed E-state index contributed by atoms with van der Waals surface area (Å²) in [7, 11) is 0. The summed E-state index contributed by atoms with van der Waals surface area (Å²) >= 11 is 0. The predicted octanol–water partition coefficient (Wildman–Crippen LogP) is 3.27. The Balaban J connectivity index is 2.55. The van der Waals surface area contributed by atoms with Crippen LogP contribution in [0, 0.1) is 11.3 Å². The van der Waals surface area contributed by atoms with Crippen LogP contribution in [-0.2, 0) is 14.3 Å². The third-order valence-corrected chi connectivity index (χ3v) is 3.62. The van der Waals surface area contributed by atoms with Gasteiger partial charge >= 0.3 is 5.97 Å². The van der Waals surface area contributed by atoms with E-state index in [1.807, 2.05) is 6.07 Å². The standard InChI is InChI=1S/C17H16F2N2O3/c1-3-23-17(22)13-9(2)24-16(21)12(8-20)14(13)10-4-6-11(7-5-10)15(18)19/h4-7,14-15H,3,21H2,1-2H3. The third-order valence-electron chi connectivity index (χ3n) is 3.62. The van der Waals surface area contributed by atoms with Gasteiger partial charge in [-0.15, -0.1) is 0 Å². The molecule has 0 aliphatic carbocycles. The van der Waals surface area contributed by atoms with Gasteiger partial charge in [0.15, 0.2) is 0 Å².